The molecule has 3 nitrogen and oxygen atoms in total. The predicted molar refractivity (Wildman–Crippen MR) is 84.4 cm³/mol. The molecule has 1 heterocycles. The van der Waals surface area contributed by atoms with Crippen LogP contribution in [0.2, 0.25) is 0 Å². The number of ether oxygens (including phenoxy) is 1. The Morgan fingerprint density at radius 3 is 2.80 bits per heavy atom. The van der Waals surface area contributed by atoms with Crippen molar-refractivity contribution in [3.8, 4) is 5.75 Å². The third-order valence-corrected chi connectivity index (χ3v) is 4.07. The number of rotatable bonds is 4. The summed E-state index contributed by atoms with van der Waals surface area (Å²) in [5.74, 6) is 0.744. The molecule has 0 unspecified atom stereocenters. The molecule has 0 fully saturated rings. The Morgan fingerprint density at radius 2 is 2.00 bits per heavy atom. The molecular weight excluding hydrogens is 268 g/mol. The molecule has 0 aliphatic heterocycles. The second kappa shape index (κ2) is 5.51. The van der Waals surface area contributed by atoms with E-state index >= 15 is 0 Å². The molecule has 3 rings (SSSR count). The minimum Gasteiger partial charge on any atom is -0.492 e. The Balaban J connectivity index is 1.92. The van der Waals surface area contributed by atoms with Crippen molar-refractivity contribution in [2.24, 2.45) is 0 Å². The number of aromatic nitrogens is 1. The van der Waals surface area contributed by atoms with Crippen molar-refractivity contribution in [3.63, 3.8) is 0 Å². The Bertz CT molecular complexity index is 703. The van der Waals surface area contributed by atoms with E-state index in [1.165, 1.54) is 5.39 Å². The summed E-state index contributed by atoms with van der Waals surface area (Å²) in [5.41, 5.74) is 7.98. The summed E-state index contributed by atoms with van der Waals surface area (Å²) < 4.78 is 5.53. The number of hydrogen-bond acceptors (Lipinski definition) is 3. The number of hydrogen-bond donors (Lipinski definition) is 2. The monoisotopic (exact) mass is 284 g/mol. The first kappa shape index (κ1) is 12.9. The minimum absolute atomic E-state index is 0.616. The molecule has 0 saturated heterocycles. The molecule has 0 amide bonds. The summed E-state index contributed by atoms with van der Waals surface area (Å²) in [6, 6.07) is 16.2. The van der Waals surface area contributed by atoms with Gasteiger partial charge in [-0.25, -0.2) is 0 Å². The summed E-state index contributed by atoms with van der Waals surface area (Å²) in [4.78, 5) is 4.39. The molecule has 0 aliphatic rings. The van der Waals surface area contributed by atoms with Crippen LogP contribution < -0.4 is 10.5 Å². The first-order valence-electron chi connectivity index (χ1n) is 6.55. The number of benzene rings is 2. The van der Waals surface area contributed by atoms with Crippen molar-refractivity contribution in [1.29, 1.82) is 0 Å². The molecule has 3 N–H and O–H groups in total. The van der Waals surface area contributed by atoms with E-state index in [1.807, 2.05) is 37.3 Å². The summed E-state index contributed by atoms with van der Waals surface area (Å²) in [6.07, 6.45) is 0. The summed E-state index contributed by atoms with van der Waals surface area (Å²) in [6.45, 7) is 2.57. The number of anilines is 1. The second-order valence-electron chi connectivity index (χ2n) is 4.42. The summed E-state index contributed by atoms with van der Waals surface area (Å²) in [5, 5.41) is 2.28. The first-order valence-corrected chi connectivity index (χ1v) is 7.36. The van der Waals surface area contributed by atoms with E-state index in [4.69, 9.17) is 10.5 Å². The molecule has 2 aromatic carbocycles. The van der Waals surface area contributed by atoms with Gasteiger partial charge in [0.2, 0.25) is 0 Å². The smallest absolute Gasteiger partial charge is 0.143 e. The Labute approximate surface area is 122 Å². The lowest BCUT2D eigenvalue weighted by Crippen LogP contribution is -1.97. The second-order valence-corrected chi connectivity index (χ2v) is 5.51. The molecule has 20 heavy (non-hydrogen) atoms. The van der Waals surface area contributed by atoms with Gasteiger partial charge in [-0.1, -0.05) is 36.0 Å². The lowest BCUT2D eigenvalue weighted by molar-refractivity contribution is 0.341. The Kier molecular flexibility index (Phi) is 3.56. The highest BCUT2D eigenvalue weighted by molar-refractivity contribution is 7.99. The van der Waals surface area contributed by atoms with Crippen molar-refractivity contribution in [1.82, 2.24) is 4.98 Å². The Morgan fingerprint density at radius 1 is 1.15 bits per heavy atom. The SMILES string of the molecule is CCOc1cccc(Sc2cc3ccccc3[nH]2)c1N. The summed E-state index contributed by atoms with van der Waals surface area (Å²) in [7, 11) is 0. The molecule has 0 aliphatic carbocycles. The number of para-hydroxylation sites is 2. The van der Waals surface area contributed by atoms with Crippen molar-refractivity contribution in [3.05, 3.63) is 48.5 Å². The van der Waals surface area contributed by atoms with E-state index < -0.39 is 0 Å². The summed E-state index contributed by atoms with van der Waals surface area (Å²) >= 11 is 1.62. The van der Waals surface area contributed by atoms with Gasteiger partial charge in [0.05, 0.1) is 17.3 Å². The fraction of sp³-hybridized carbons (Fsp3) is 0.125. The zero-order chi connectivity index (χ0) is 13.9. The Hall–Kier alpha value is -2.07. The van der Waals surface area contributed by atoms with Gasteiger partial charge in [0.1, 0.15) is 5.75 Å². The highest BCUT2D eigenvalue weighted by Crippen LogP contribution is 2.37. The number of H-pyrrole nitrogens is 1. The fourth-order valence-electron chi connectivity index (χ4n) is 2.11. The molecular formula is C16H16N2OS. The number of fused-ring (bicyclic) bond motifs is 1. The molecule has 1 aromatic heterocycles. The van der Waals surface area contributed by atoms with Crippen LogP contribution in [0.4, 0.5) is 5.69 Å². The largest absolute Gasteiger partial charge is 0.492 e. The van der Waals surface area contributed by atoms with Crippen molar-refractivity contribution in [2.75, 3.05) is 12.3 Å². The quantitative estimate of drug-likeness (QED) is 0.702. The average molecular weight is 284 g/mol. The molecule has 0 radical (unpaired) electrons. The van der Waals surface area contributed by atoms with Crippen LogP contribution in [0.15, 0.2) is 58.5 Å². The number of nitrogens with two attached hydrogens (primary N) is 1. The molecule has 3 aromatic rings. The van der Waals surface area contributed by atoms with E-state index in [9.17, 15) is 0 Å². The van der Waals surface area contributed by atoms with Gasteiger partial charge < -0.3 is 15.5 Å². The third kappa shape index (κ3) is 2.47. The topological polar surface area (TPSA) is 51.0 Å². The zero-order valence-electron chi connectivity index (χ0n) is 11.2. The fourth-order valence-corrected chi connectivity index (χ4v) is 3.06. The molecule has 4 heteroatoms. The molecule has 0 spiro atoms. The first-order chi connectivity index (χ1) is 9.78. The average Bonchev–Trinajstić information content (AvgIpc) is 2.86. The maximum atomic E-state index is 6.15. The molecule has 0 bridgehead atoms. The van der Waals surface area contributed by atoms with Crippen LogP contribution in [0.5, 0.6) is 5.75 Å². The predicted octanol–water partition coefficient (Wildman–Crippen LogP) is 4.30. The number of aromatic amines is 1. The van der Waals surface area contributed by atoms with Crippen LogP contribution in [0.25, 0.3) is 10.9 Å². The van der Waals surface area contributed by atoms with E-state index in [1.54, 1.807) is 11.8 Å². The third-order valence-electron chi connectivity index (χ3n) is 3.05. The molecule has 0 saturated carbocycles. The zero-order valence-corrected chi connectivity index (χ0v) is 12.0. The van der Waals surface area contributed by atoms with E-state index in [2.05, 4.69) is 23.2 Å². The van der Waals surface area contributed by atoms with Crippen LogP contribution in [0.3, 0.4) is 0 Å². The molecule has 102 valence electrons. The van der Waals surface area contributed by atoms with Gasteiger partial charge >= 0.3 is 0 Å². The standard InChI is InChI=1S/C16H16N2OS/c1-2-19-13-8-5-9-14(16(13)17)20-15-10-11-6-3-4-7-12(11)18-15/h3-10,18H,2,17H2,1H3. The number of nitrogens with one attached hydrogen (secondary N) is 1. The van der Waals surface area contributed by atoms with E-state index in [0.29, 0.717) is 12.3 Å². The highest BCUT2D eigenvalue weighted by Gasteiger charge is 2.09. The lowest BCUT2D eigenvalue weighted by Gasteiger charge is -2.10. The molecule has 0 atom stereocenters. The van der Waals surface area contributed by atoms with E-state index in [0.717, 1.165) is 21.2 Å². The van der Waals surface area contributed by atoms with Crippen molar-refractivity contribution < 1.29 is 4.74 Å². The van der Waals surface area contributed by atoms with Gasteiger partial charge in [0, 0.05) is 15.8 Å². The normalized spacial score (nSPS) is 10.8. The van der Waals surface area contributed by atoms with Gasteiger partial charge in [0.15, 0.2) is 0 Å². The van der Waals surface area contributed by atoms with Crippen LogP contribution in [-0.2, 0) is 0 Å². The van der Waals surface area contributed by atoms with Crippen LogP contribution in [0.1, 0.15) is 6.92 Å². The van der Waals surface area contributed by atoms with Crippen LogP contribution >= 0.6 is 11.8 Å². The number of nitrogen functional groups attached to an aromatic ring is 1. The van der Waals surface area contributed by atoms with Gasteiger partial charge in [0.25, 0.3) is 0 Å². The minimum atomic E-state index is 0.616. The van der Waals surface area contributed by atoms with Crippen LogP contribution in [-0.4, -0.2) is 11.6 Å². The van der Waals surface area contributed by atoms with Crippen LogP contribution in [0, 0.1) is 0 Å². The van der Waals surface area contributed by atoms with Gasteiger partial charge in [-0.3, -0.25) is 0 Å². The van der Waals surface area contributed by atoms with Crippen molar-refractivity contribution >= 4 is 28.4 Å². The maximum Gasteiger partial charge on any atom is 0.143 e. The van der Waals surface area contributed by atoms with Gasteiger partial charge in [-0.05, 0) is 31.2 Å². The van der Waals surface area contributed by atoms with Gasteiger partial charge in [-0.2, -0.15) is 0 Å². The van der Waals surface area contributed by atoms with Gasteiger partial charge in [-0.15, -0.1) is 0 Å². The lowest BCUT2D eigenvalue weighted by atomic mass is 10.3. The maximum absolute atomic E-state index is 6.15. The van der Waals surface area contributed by atoms with Crippen molar-refractivity contribution in [2.45, 2.75) is 16.8 Å². The van der Waals surface area contributed by atoms with E-state index in [-0.39, 0.29) is 0 Å². The highest BCUT2D eigenvalue weighted by atomic mass is 32.2.